The molecule has 0 radical (unpaired) electrons. The predicted octanol–water partition coefficient (Wildman–Crippen LogP) is 2.45. The number of aryl methyl sites for hydroxylation is 1. The van der Waals surface area contributed by atoms with Gasteiger partial charge in [0.25, 0.3) is 5.91 Å². The molecular weight excluding hydrogens is 265 g/mol. The molecule has 2 rings (SSSR count). The summed E-state index contributed by atoms with van der Waals surface area (Å²) in [6, 6.07) is 3.79. The fourth-order valence-electron chi connectivity index (χ4n) is 1.72. The Kier molecular flexibility index (Phi) is 3.80. The van der Waals surface area contributed by atoms with E-state index in [4.69, 9.17) is 5.73 Å². The zero-order chi connectivity index (χ0) is 14.0. The van der Waals surface area contributed by atoms with Crippen molar-refractivity contribution >= 4 is 22.9 Å². The van der Waals surface area contributed by atoms with Gasteiger partial charge in [0.05, 0.1) is 17.1 Å². The van der Waals surface area contributed by atoms with Gasteiger partial charge in [0.2, 0.25) is 0 Å². The molecular formula is C13H14FN3OS. The highest BCUT2D eigenvalue weighted by Gasteiger charge is 2.16. The van der Waals surface area contributed by atoms with E-state index >= 15 is 0 Å². The predicted molar refractivity (Wildman–Crippen MR) is 73.5 cm³/mol. The minimum absolute atomic E-state index is 0.150. The lowest BCUT2D eigenvalue weighted by Crippen LogP contribution is -2.26. The Balaban J connectivity index is 2.14. The number of carbonyl (C=O) groups excluding carboxylic acids is 1. The van der Waals surface area contributed by atoms with Gasteiger partial charge >= 0.3 is 0 Å². The molecule has 2 aromatic rings. The van der Waals surface area contributed by atoms with Gasteiger partial charge in [-0.3, -0.25) is 4.79 Å². The van der Waals surface area contributed by atoms with Crippen molar-refractivity contribution in [1.29, 1.82) is 0 Å². The van der Waals surface area contributed by atoms with E-state index in [0.717, 1.165) is 16.0 Å². The highest BCUT2D eigenvalue weighted by molar-refractivity contribution is 7.11. The molecule has 0 aliphatic heterocycles. The van der Waals surface area contributed by atoms with Crippen molar-refractivity contribution in [3.8, 4) is 0 Å². The zero-order valence-electron chi connectivity index (χ0n) is 10.7. The molecule has 0 saturated heterocycles. The molecule has 0 aliphatic carbocycles. The van der Waals surface area contributed by atoms with Gasteiger partial charge in [0, 0.05) is 23.8 Å². The number of amides is 1. The highest BCUT2D eigenvalue weighted by atomic mass is 32.1. The molecule has 6 heteroatoms. The third-order valence-electron chi connectivity index (χ3n) is 2.65. The van der Waals surface area contributed by atoms with E-state index in [1.807, 2.05) is 6.92 Å². The molecule has 0 unspecified atom stereocenters. The molecule has 100 valence electrons. The Hall–Kier alpha value is -1.95. The number of thiazole rings is 1. The lowest BCUT2D eigenvalue weighted by atomic mass is 10.1. The molecule has 19 heavy (non-hydrogen) atoms. The first-order valence-corrected chi connectivity index (χ1v) is 6.51. The molecule has 0 aliphatic rings. The van der Waals surface area contributed by atoms with E-state index in [1.165, 1.54) is 28.4 Å². The Morgan fingerprint density at radius 1 is 1.53 bits per heavy atom. The second kappa shape index (κ2) is 5.36. The molecule has 0 spiro atoms. The largest absolute Gasteiger partial charge is 0.398 e. The van der Waals surface area contributed by atoms with Crippen molar-refractivity contribution in [2.75, 3.05) is 12.8 Å². The van der Waals surface area contributed by atoms with Crippen LogP contribution in [0.15, 0.2) is 24.4 Å². The van der Waals surface area contributed by atoms with E-state index in [0.29, 0.717) is 12.1 Å². The van der Waals surface area contributed by atoms with Gasteiger partial charge in [-0.05, 0) is 25.1 Å². The number of carbonyl (C=O) groups is 1. The number of halogens is 1. The molecule has 0 saturated carbocycles. The van der Waals surface area contributed by atoms with E-state index in [2.05, 4.69) is 4.98 Å². The minimum Gasteiger partial charge on any atom is -0.398 e. The van der Waals surface area contributed by atoms with Gasteiger partial charge in [0.1, 0.15) is 5.82 Å². The zero-order valence-corrected chi connectivity index (χ0v) is 11.5. The van der Waals surface area contributed by atoms with Crippen molar-refractivity contribution in [2.45, 2.75) is 13.5 Å². The maximum absolute atomic E-state index is 13.0. The summed E-state index contributed by atoms with van der Waals surface area (Å²) in [5, 5.41) is 0.956. The van der Waals surface area contributed by atoms with Crippen molar-refractivity contribution in [2.24, 2.45) is 0 Å². The monoisotopic (exact) mass is 279 g/mol. The Bertz CT molecular complexity index is 612. The first kappa shape index (κ1) is 13.5. The van der Waals surface area contributed by atoms with E-state index in [9.17, 15) is 9.18 Å². The van der Waals surface area contributed by atoms with E-state index in [-0.39, 0.29) is 11.6 Å². The number of aromatic nitrogens is 1. The van der Waals surface area contributed by atoms with Crippen LogP contribution in [-0.4, -0.2) is 22.8 Å². The molecule has 1 amide bonds. The van der Waals surface area contributed by atoms with Crippen LogP contribution in [0, 0.1) is 12.7 Å². The number of nitrogen functional groups attached to an aromatic ring is 1. The Morgan fingerprint density at radius 2 is 2.26 bits per heavy atom. The number of benzene rings is 1. The standard InChI is InChI=1S/C13H14FN3OS/c1-8-16-6-10(19-8)7-17(2)13(18)11-4-3-9(14)5-12(11)15/h3-6H,7,15H2,1-2H3. The number of anilines is 1. The molecule has 0 bridgehead atoms. The van der Waals surface area contributed by atoms with Crippen LogP contribution in [0.4, 0.5) is 10.1 Å². The summed E-state index contributed by atoms with van der Waals surface area (Å²) in [6.45, 7) is 2.37. The van der Waals surface area contributed by atoms with Crippen LogP contribution in [0.2, 0.25) is 0 Å². The summed E-state index contributed by atoms with van der Waals surface area (Å²) in [6.07, 6.45) is 1.75. The number of hydrogen-bond donors (Lipinski definition) is 1. The smallest absolute Gasteiger partial charge is 0.256 e. The SMILES string of the molecule is Cc1ncc(CN(C)C(=O)c2ccc(F)cc2N)s1. The lowest BCUT2D eigenvalue weighted by Gasteiger charge is -2.17. The van der Waals surface area contributed by atoms with Crippen LogP contribution in [0.3, 0.4) is 0 Å². The Labute approximate surface area is 114 Å². The molecule has 2 N–H and O–H groups in total. The maximum atomic E-state index is 13.0. The van der Waals surface area contributed by atoms with Crippen molar-refractivity contribution in [3.63, 3.8) is 0 Å². The summed E-state index contributed by atoms with van der Waals surface area (Å²) >= 11 is 1.54. The summed E-state index contributed by atoms with van der Waals surface area (Å²) in [5.74, 6) is -0.682. The van der Waals surface area contributed by atoms with Crippen LogP contribution in [0.5, 0.6) is 0 Å². The minimum atomic E-state index is -0.449. The fraction of sp³-hybridized carbons (Fsp3) is 0.231. The lowest BCUT2D eigenvalue weighted by molar-refractivity contribution is 0.0787. The van der Waals surface area contributed by atoms with Crippen LogP contribution >= 0.6 is 11.3 Å². The number of nitrogens with two attached hydrogens (primary N) is 1. The summed E-state index contributed by atoms with van der Waals surface area (Å²) in [5.41, 5.74) is 6.12. The van der Waals surface area contributed by atoms with E-state index in [1.54, 1.807) is 13.2 Å². The molecule has 0 atom stereocenters. The second-order valence-electron chi connectivity index (χ2n) is 4.24. The van der Waals surface area contributed by atoms with Crippen molar-refractivity contribution in [3.05, 3.63) is 45.7 Å². The number of nitrogens with zero attached hydrogens (tertiary/aromatic N) is 2. The first-order chi connectivity index (χ1) is 8.97. The Morgan fingerprint density at radius 3 is 2.84 bits per heavy atom. The second-order valence-corrected chi connectivity index (χ2v) is 5.56. The van der Waals surface area contributed by atoms with Gasteiger partial charge < -0.3 is 10.6 Å². The number of hydrogen-bond acceptors (Lipinski definition) is 4. The fourth-order valence-corrected chi connectivity index (χ4v) is 2.57. The third kappa shape index (κ3) is 3.08. The summed E-state index contributed by atoms with van der Waals surface area (Å²) in [7, 11) is 1.68. The molecule has 1 heterocycles. The van der Waals surface area contributed by atoms with Crippen LogP contribution in [0.1, 0.15) is 20.2 Å². The van der Waals surface area contributed by atoms with Gasteiger partial charge in [-0.2, -0.15) is 0 Å². The van der Waals surface area contributed by atoms with Gasteiger partial charge in [-0.25, -0.2) is 9.37 Å². The summed E-state index contributed by atoms with van der Waals surface area (Å²) < 4.78 is 13.0. The van der Waals surface area contributed by atoms with Gasteiger partial charge in [-0.15, -0.1) is 11.3 Å². The topological polar surface area (TPSA) is 59.2 Å². The molecule has 4 nitrogen and oxygen atoms in total. The quantitative estimate of drug-likeness (QED) is 0.878. The average Bonchev–Trinajstić information content (AvgIpc) is 2.74. The molecule has 1 aromatic carbocycles. The molecule has 1 aromatic heterocycles. The van der Waals surface area contributed by atoms with Crippen molar-refractivity contribution in [1.82, 2.24) is 9.88 Å². The van der Waals surface area contributed by atoms with Gasteiger partial charge in [0.15, 0.2) is 0 Å². The van der Waals surface area contributed by atoms with Crippen LogP contribution < -0.4 is 5.73 Å². The number of rotatable bonds is 3. The van der Waals surface area contributed by atoms with Crippen LogP contribution in [0.25, 0.3) is 0 Å². The molecule has 0 fully saturated rings. The van der Waals surface area contributed by atoms with Gasteiger partial charge in [-0.1, -0.05) is 0 Å². The first-order valence-electron chi connectivity index (χ1n) is 5.69. The average molecular weight is 279 g/mol. The van der Waals surface area contributed by atoms with Crippen molar-refractivity contribution < 1.29 is 9.18 Å². The van der Waals surface area contributed by atoms with Crippen LogP contribution in [-0.2, 0) is 6.54 Å². The maximum Gasteiger partial charge on any atom is 0.256 e. The normalized spacial score (nSPS) is 10.5. The third-order valence-corrected chi connectivity index (χ3v) is 3.55. The highest BCUT2D eigenvalue weighted by Crippen LogP contribution is 2.18. The summed E-state index contributed by atoms with van der Waals surface area (Å²) in [4.78, 5) is 18.9. The van der Waals surface area contributed by atoms with E-state index < -0.39 is 5.82 Å².